The molecular weight excluding hydrogens is 304 g/mol. The van der Waals surface area contributed by atoms with Crippen LogP contribution in [0.1, 0.15) is 49.9 Å². The van der Waals surface area contributed by atoms with Gasteiger partial charge in [-0.3, -0.25) is 9.59 Å². The molecule has 2 amide bonds. The molecule has 2 unspecified atom stereocenters. The highest BCUT2D eigenvalue weighted by atomic mass is 16.5. The minimum absolute atomic E-state index is 0.0343. The van der Waals surface area contributed by atoms with Gasteiger partial charge in [-0.2, -0.15) is 0 Å². The van der Waals surface area contributed by atoms with Crippen molar-refractivity contribution < 1.29 is 14.3 Å². The zero-order valence-corrected chi connectivity index (χ0v) is 14.9. The molecule has 1 fully saturated rings. The third kappa shape index (κ3) is 4.73. The van der Waals surface area contributed by atoms with Gasteiger partial charge in [0.2, 0.25) is 5.91 Å². The quantitative estimate of drug-likeness (QED) is 0.871. The summed E-state index contributed by atoms with van der Waals surface area (Å²) in [6.45, 7) is 5.33. The monoisotopic (exact) mass is 332 g/mol. The van der Waals surface area contributed by atoms with Crippen molar-refractivity contribution in [3.05, 3.63) is 29.8 Å². The maximum absolute atomic E-state index is 12.7. The van der Waals surface area contributed by atoms with E-state index in [-0.39, 0.29) is 23.8 Å². The van der Waals surface area contributed by atoms with Crippen LogP contribution in [0.5, 0.6) is 5.75 Å². The Balaban J connectivity index is 1.99. The molecule has 2 rings (SSSR count). The van der Waals surface area contributed by atoms with E-state index >= 15 is 0 Å². The van der Waals surface area contributed by atoms with Crippen molar-refractivity contribution in [1.82, 2.24) is 10.2 Å². The summed E-state index contributed by atoms with van der Waals surface area (Å²) in [7, 11) is 1.59. The summed E-state index contributed by atoms with van der Waals surface area (Å²) in [6.07, 6.45) is 3.72. The van der Waals surface area contributed by atoms with Crippen LogP contribution in [0, 0.1) is 5.92 Å². The Hall–Kier alpha value is -2.04. The summed E-state index contributed by atoms with van der Waals surface area (Å²) in [5.74, 6) is 0.584. The number of carbonyl (C=O) groups is 2. The average molecular weight is 332 g/mol. The first-order chi connectivity index (χ1) is 11.5. The van der Waals surface area contributed by atoms with Crippen LogP contribution >= 0.6 is 0 Å². The molecule has 1 aliphatic heterocycles. The van der Waals surface area contributed by atoms with Gasteiger partial charge in [-0.25, -0.2) is 0 Å². The predicted molar refractivity (Wildman–Crippen MR) is 94.1 cm³/mol. The van der Waals surface area contributed by atoms with Crippen LogP contribution in [0.4, 0.5) is 0 Å². The molecule has 0 aromatic heterocycles. The normalized spacial score (nSPS) is 18.8. The molecule has 132 valence electrons. The van der Waals surface area contributed by atoms with Gasteiger partial charge >= 0.3 is 0 Å². The molecule has 0 radical (unpaired) electrons. The molecule has 1 aliphatic rings. The number of likely N-dealkylation sites (tertiary alicyclic amines) is 1. The number of nitrogens with one attached hydrogen (secondary N) is 1. The highest BCUT2D eigenvalue weighted by molar-refractivity contribution is 5.95. The molecule has 0 saturated carbocycles. The van der Waals surface area contributed by atoms with Crippen LogP contribution in [-0.4, -0.2) is 43.0 Å². The Labute approximate surface area is 144 Å². The first kappa shape index (κ1) is 18.3. The first-order valence-electron chi connectivity index (χ1n) is 8.78. The Morgan fingerprint density at radius 2 is 2.21 bits per heavy atom. The first-order valence-corrected chi connectivity index (χ1v) is 8.78. The van der Waals surface area contributed by atoms with E-state index in [2.05, 4.69) is 12.2 Å². The molecule has 5 heteroatoms. The second kappa shape index (κ2) is 8.71. The summed E-state index contributed by atoms with van der Waals surface area (Å²) in [4.78, 5) is 26.9. The largest absolute Gasteiger partial charge is 0.497 e. The average Bonchev–Trinajstić information content (AvgIpc) is 2.61. The second-order valence-corrected chi connectivity index (χ2v) is 6.52. The molecule has 0 spiro atoms. The van der Waals surface area contributed by atoms with Crippen molar-refractivity contribution in [2.24, 2.45) is 5.92 Å². The number of benzene rings is 1. The number of rotatable bonds is 6. The Kier molecular flexibility index (Phi) is 6.64. The summed E-state index contributed by atoms with van der Waals surface area (Å²) in [5, 5.41) is 3.07. The van der Waals surface area contributed by atoms with Crippen LogP contribution < -0.4 is 10.1 Å². The standard InChI is InChI=1S/C19H28N2O3/c1-4-7-14(2)20-18(22)16-9-6-11-21(13-16)19(23)15-8-5-10-17(12-15)24-3/h5,8,10,12,14,16H,4,6-7,9,11,13H2,1-3H3,(H,20,22). The van der Waals surface area contributed by atoms with E-state index in [9.17, 15) is 9.59 Å². The highest BCUT2D eigenvalue weighted by Gasteiger charge is 2.29. The third-order valence-electron chi connectivity index (χ3n) is 4.51. The Bertz CT molecular complexity index is 573. The SMILES string of the molecule is CCCC(C)NC(=O)C1CCCN(C(=O)c2cccc(OC)c2)C1. The van der Waals surface area contributed by atoms with Gasteiger partial charge in [-0.05, 0) is 44.4 Å². The van der Waals surface area contributed by atoms with Gasteiger partial charge in [0, 0.05) is 24.7 Å². The van der Waals surface area contributed by atoms with Crippen LogP contribution in [-0.2, 0) is 4.79 Å². The molecular formula is C19H28N2O3. The fourth-order valence-corrected chi connectivity index (χ4v) is 3.18. The highest BCUT2D eigenvalue weighted by Crippen LogP contribution is 2.21. The Morgan fingerprint density at radius 3 is 2.92 bits per heavy atom. The summed E-state index contributed by atoms with van der Waals surface area (Å²) >= 11 is 0. The van der Waals surface area contributed by atoms with Crippen molar-refractivity contribution in [1.29, 1.82) is 0 Å². The molecule has 1 heterocycles. The minimum atomic E-state index is -0.118. The van der Waals surface area contributed by atoms with E-state index in [0.29, 0.717) is 24.4 Å². The number of carbonyl (C=O) groups excluding carboxylic acids is 2. The lowest BCUT2D eigenvalue weighted by atomic mass is 9.96. The molecule has 2 atom stereocenters. The lowest BCUT2D eigenvalue weighted by Crippen LogP contribution is -2.47. The topological polar surface area (TPSA) is 58.6 Å². The zero-order valence-electron chi connectivity index (χ0n) is 14.9. The number of hydrogen-bond donors (Lipinski definition) is 1. The molecule has 1 aromatic rings. The summed E-state index contributed by atoms with van der Waals surface area (Å²) in [6, 6.07) is 7.35. The number of ether oxygens (including phenoxy) is 1. The van der Waals surface area contributed by atoms with E-state index in [0.717, 1.165) is 25.7 Å². The van der Waals surface area contributed by atoms with E-state index in [1.165, 1.54) is 0 Å². The fourth-order valence-electron chi connectivity index (χ4n) is 3.18. The third-order valence-corrected chi connectivity index (χ3v) is 4.51. The molecule has 0 aliphatic carbocycles. The second-order valence-electron chi connectivity index (χ2n) is 6.52. The molecule has 1 N–H and O–H groups in total. The van der Waals surface area contributed by atoms with Gasteiger partial charge in [-0.1, -0.05) is 19.4 Å². The summed E-state index contributed by atoms with van der Waals surface area (Å²) < 4.78 is 5.18. The lowest BCUT2D eigenvalue weighted by Gasteiger charge is -2.32. The van der Waals surface area contributed by atoms with Crippen molar-refractivity contribution in [2.75, 3.05) is 20.2 Å². The number of hydrogen-bond acceptors (Lipinski definition) is 3. The maximum Gasteiger partial charge on any atom is 0.254 e. The van der Waals surface area contributed by atoms with Gasteiger partial charge in [0.15, 0.2) is 0 Å². The van der Waals surface area contributed by atoms with Crippen LogP contribution in [0.15, 0.2) is 24.3 Å². The number of amides is 2. The van der Waals surface area contributed by atoms with Crippen LogP contribution in [0.25, 0.3) is 0 Å². The van der Waals surface area contributed by atoms with Gasteiger partial charge in [-0.15, -0.1) is 0 Å². The van der Waals surface area contributed by atoms with Crippen molar-refractivity contribution >= 4 is 11.8 Å². The minimum Gasteiger partial charge on any atom is -0.497 e. The van der Waals surface area contributed by atoms with E-state index in [1.54, 1.807) is 24.1 Å². The zero-order chi connectivity index (χ0) is 17.5. The fraction of sp³-hybridized carbons (Fsp3) is 0.579. The van der Waals surface area contributed by atoms with E-state index in [1.807, 2.05) is 19.1 Å². The molecule has 1 saturated heterocycles. The molecule has 5 nitrogen and oxygen atoms in total. The van der Waals surface area contributed by atoms with E-state index < -0.39 is 0 Å². The number of nitrogens with zero attached hydrogens (tertiary/aromatic N) is 1. The van der Waals surface area contributed by atoms with Crippen molar-refractivity contribution in [3.63, 3.8) is 0 Å². The van der Waals surface area contributed by atoms with Gasteiger partial charge in [0.05, 0.1) is 13.0 Å². The molecule has 24 heavy (non-hydrogen) atoms. The van der Waals surface area contributed by atoms with Crippen LogP contribution in [0.3, 0.4) is 0 Å². The molecule has 0 bridgehead atoms. The van der Waals surface area contributed by atoms with Crippen molar-refractivity contribution in [2.45, 2.75) is 45.6 Å². The van der Waals surface area contributed by atoms with Gasteiger partial charge in [0.1, 0.15) is 5.75 Å². The number of piperidine rings is 1. The lowest BCUT2D eigenvalue weighted by molar-refractivity contribution is -0.127. The molecule has 1 aromatic carbocycles. The van der Waals surface area contributed by atoms with Crippen LogP contribution in [0.2, 0.25) is 0 Å². The Morgan fingerprint density at radius 1 is 1.42 bits per heavy atom. The smallest absolute Gasteiger partial charge is 0.254 e. The maximum atomic E-state index is 12.7. The summed E-state index contributed by atoms with van der Waals surface area (Å²) in [5.41, 5.74) is 0.606. The van der Waals surface area contributed by atoms with Gasteiger partial charge in [0.25, 0.3) is 5.91 Å². The van der Waals surface area contributed by atoms with E-state index in [4.69, 9.17) is 4.74 Å². The van der Waals surface area contributed by atoms with Crippen molar-refractivity contribution in [3.8, 4) is 5.75 Å². The predicted octanol–water partition coefficient (Wildman–Crippen LogP) is 2.85. The number of methoxy groups -OCH3 is 1. The van der Waals surface area contributed by atoms with Gasteiger partial charge < -0.3 is 15.0 Å².